The molecule has 0 aliphatic heterocycles. The summed E-state index contributed by atoms with van der Waals surface area (Å²) in [6.45, 7) is 4.39. The molecule has 0 radical (unpaired) electrons. The van der Waals surface area contributed by atoms with E-state index in [1.165, 1.54) is 0 Å². The van der Waals surface area contributed by atoms with Gasteiger partial charge in [0.25, 0.3) is 0 Å². The molecule has 2 aromatic rings. The number of aliphatic hydroxyl groups is 1. The first-order valence-corrected chi connectivity index (χ1v) is 6.70. The minimum absolute atomic E-state index is 0.165. The second kappa shape index (κ2) is 7.08. The maximum atomic E-state index is 9.71. The number of rotatable bonds is 6. The zero-order valence-electron chi connectivity index (χ0n) is 11.9. The van der Waals surface area contributed by atoms with Gasteiger partial charge in [0, 0.05) is 5.56 Å². The van der Waals surface area contributed by atoms with Gasteiger partial charge in [0.1, 0.15) is 5.75 Å². The van der Waals surface area contributed by atoms with E-state index in [1.807, 2.05) is 55.5 Å². The Balaban J connectivity index is 1.89. The molecule has 0 amide bonds. The molecule has 3 nitrogen and oxygen atoms in total. The van der Waals surface area contributed by atoms with Crippen LogP contribution in [-0.4, -0.2) is 11.9 Å². The summed E-state index contributed by atoms with van der Waals surface area (Å²) in [5, 5.41) is 9.71. The van der Waals surface area contributed by atoms with E-state index in [-0.39, 0.29) is 6.79 Å². The fraction of sp³-hybridized carbons (Fsp3) is 0.294. The van der Waals surface area contributed by atoms with Crippen LogP contribution in [0.25, 0.3) is 0 Å². The summed E-state index contributed by atoms with van der Waals surface area (Å²) < 4.78 is 11.1. The molecule has 0 saturated carbocycles. The number of aryl methyl sites for hydroxylation is 1. The van der Waals surface area contributed by atoms with E-state index in [0.29, 0.717) is 12.4 Å². The van der Waals surface area contributed by atoms with E-state index in [1.54, 1.807) is 6.92 Å². The molecule has 0 aliphatic rings. The summed E-state index contributed by atoms with van der Waals surface area (Å²) in [5.41, 5.74) is 2.97. The highest BCUT2D eigenvalue weighted by Gasteiger charge is 2.09. The van der Waals surface area contributed by atoms with Crippen molar-refractivity contribution in [2.24, 2.45) is 0 Å². The lowest BCUT2D eigenvalue weighted by Crippen LogP contribution is -2.06. The summed E-state index contributed by atoms with van der Waals surface area (Å²) in [6, 6.07) is 15.7. The van der Waals surface area contributed by atoms with Crippen molar-refractivity contribution in [2.45, 2.75) is 26.6 Å². The molecule has 1 atom stereocenters. The highest BCUT2D eigenvalue weighted by molar-refractivity contribution is 5.38. The molecule has 1 N–H and O–H groups in total. The number of benzene rings is 2. The molecule has 0 aromatic heterocycles. The average Bonchev–Trinajstić information content (AvgIpc) is 2.44. The molecule has 0 spiro atoms. The smallest absolute Gasteiger partial charge is 0.189 e. The maximum absolute atomic E-state index is 9.71. The third kappa shape index (κ3) is 4.08. The second-order valence-electron chi connectivity index (χ2n) is 4.81. The Bertz CT molecular complexity index is 535. The van der Waals surface area contributed by atoms with Crippen LogP contribution in [0.1, 0.15) is 29.7 Å². The topological polar surface area (TPSA) is 38.7 Å². The van der Waals surface area contributed by atoms with Gasteiger partial charge in [0.05, 0.1) is 12.7 Å². The molecule has 0 aliphatic carbocycles. The van der Waals surface area contributed by atoms with Crippen LogP contribution in [0.15, 0.2) is 48.5 Å². The lowest BCUT2D eigenvalue weighted by molar-refractivity contribution is 0.00340. The molecule has 1 unspecified atom stereocenters. The molecule has 3 heteroatoms. The van der Waals surface area contributed by atoms with Gasteiger partial charge in [-0.25, -0.2) is 0 Å². The zero-order valence-corrected chi connectivity index (χ0v) is 11.9. The Morgan fingerprint density at radius 2 is 1.85 bits per heavy atom. The predicted octanol–water partition coefficient (Wildman–Crippen LogP) is 3.60. The molecule has 0 saturated heterocycles. The van der Waals surface area contributed by atoms with Crippen molar-refractivity contribution in [1.29, 1.82) is 0 Å². The van der Waals surface area contributed by atoms with Crippen molar-refractivity contribution < 1.29 is 14.6 Å². The Labute approximate surface area is 119 Å². The van der Waals surface area contributed by atoms with Gasteiger partial charge >= 0.3 is 0 Å². The minimum Gasteiger partial charge on any atom is -0.467 e. The first kappa shape index (κ1) is 14.6. The first-order valence-electron chi connectivity index (χ1n) is 6.70. The Hall–Kier alpha value is -1.84. The Morgan fingerprint density at radius 1 is 1.10 bits per heavy atom. The van der Waals surface area contributed by atoms with Gasteiger partial charge in [-0.1, -0.05) is 42.5 Å². The van der Waals surface area contributed by atoms with Gasteiger partial charge in [-0.15, -0.1) is 0 Å². The van der Waals surface area contributed by atoms with Gasteiger partial charge in [-0.3, -0.25) is 0 Å². The van der Waals surface area contributed by atoms with Crippen LogP contribution in [0.2, 0.25) is 0 Å². The summed E-state index contributed by atoms with van der Waals surface area (Å²) >= 11 is 0. The van der Waals surface area contributed by atoms with Crippen LogP contribution >= 0.6 is 0 Å². The van der Waals surface area contributed by atoms with E-state index in [2.05, 4.69) is 0 Å². The van der Waals surface area contributed by atoms with Gasteiger partial charge in [-0.2, -0.15) is 0 Å². The standard InChI is InChI=1S/C17H20O3/c1-13-8-9-16(14(2)18)17(10-13)20-12-19-11-15-6-4-3-5-7-15/h3-10,14,18H,11-12H2,1-2H3. The third-order valence-corrected chi connectivity index (χ3v) is 3.03. The molecule has 20 heavy (non-hydrogen) atoms. The fourth-order valence-electron chi connectivity index (χ4n) is 1.95. The molecular weight excluding hydrogens is 252 g/mol. The van der Waals surface area contributed by atoms with Crippen LogP contribution < -0.4 is 4.74 Å². The third-order valence-electron chi connectivity index (χ3n) is 3.03. The van der Waals surface area contributed by atoms with Crippen LogP contribution in [0.3, 0.4) is 0 Å². The highest BCUT2D eigenvalue weighted by atomic mass is 16.7. The molecule has 0 bridgehead atoms. The molecular formula is C17H20O3. The second-order valence-corrected chi connectivity index (χ2v) is 4.81. The van der Waals surface area contributed by atoms with Crippen molar-refractivity contribution >= 4 is 0 Å². The van der Waals surface area contributed by atoms with Crippen molar-refractivity contribution in [3.63, 3.8) is 0 Å². The fourth-order valence-corrected chi connectivity index (χ4v) is 1.95. The van der Waals surface area contributed by atoms with Gasteiger partial charge in [-0.05, 0) is 31.0 Å². The summed E-state index contributed by atoms with van der Waals surface area (Å²) in [5.74, 6) is 0.674. The largest absolute Gasteiger partial charge is 0.467 e. The van der Waals surface area contributed by atoms with E-state index in [4.69, 9.17) is 9.47 Å². The molecule has 2 aromatic carbocycles. The number of aliphatic hydroxyl groups excluding tert-OH is 1. The zero-order chi connectivity index (χ0) is 14.4. The molecule has 106 valence electrons. The van der Waals surface area contributed by atoms with Crippen LogP contribution in [0.5, 0.6) is 5.75 Å². The normalized spacial score (nSPS) is 12.2. The number of hydrogen-bond donors (Lipinski definition) is 1. The van der Waals surface area contributed by atoms with Gasteiger partial charge in [0.15, 0.2) is 6.79 Å². The number of hydrogen-bond acceptors (Lipinski definition) is 3. The van der Waals surface area contributed by atoms with E-state index in [9.17, 15) is 5.11 Å². The lowest BCUT2D eigenvalue weighted by atomic mass is 10.1. The van der Waals surface area contributed by atoms with Crippen molar-refractivity contribution in [3.05, 3.63) is 65.2 Å². The van der Waals surface area contributed by atoms with Gasteiger partial charge in [0.2, 0.25) is 0 Å². The molecule has 2 rings (SSSR count). The van der Waals surface area contributed by atoms with Crippen LogP contribution in [0, 0.1) is 6.92 Å². The summed E-state index contributed by atoms with van der Waals surface area (Å²) in [6.07, 6.45) is -0.556. The van der Waals surface area contributed by atoms with Crippen LogP contribution in [-0.2, 0) is 11.3 Å². The first-order chi connectivity index (χ1) is 9.66. The number of ether oxygens (including phenoxy) is 2. The quantitative estimate of drug-likeness (QED) is 0.645. The van der Waals surface area contributed by atoms with Crippen molar-refractivity contribution in [1.82, 2.24) is 0 Å². The van der Waals surface area contributed by atoms with Gasteiger partial charge < -0.3 is 14.6 Å². The van der Waals surface area contributed by atoms with E-state index in [0.717, 1.165) is 16.7 Å². The van der Waals surface area contributed by atoms with E-state index < -0.39 is 6.10 Å². The maximum Gasteiger partial charge on any atom is 0.189 e. The van der Waals surface area contributed by atoms with Crippen molar-refractivity contribution in [3.8, 4) is 5.75 Å². The van der Waals surface area contributed by atoms with E-state index >= 15 is 0 Å². The lowest BCUT2D eigenvalue weighted by Gasteiger charge is -2.14. The summed E-state index contributed by atoms with van der Waals surface area (Å²) in [7, 11) is 0. The predicted molar refractivity (Wildman–Crippen MR) is 78.5 cm³/mol. The Kier molecular flexibility index (Phi) is 5.16. The minimum atomic E-state index is -0.556. The molecule has 0 fully saturated rings. The monoisotopic (exact) mass is 272 g/mol. The Morgan fingerprint density at radius 3 is 2.55 bits per heavy atom. The average molecular weight is 272 g/mol. The summed E-state index contributed by atoms with van der Waals surface area (Å²) in [4.78, 5) is 0. The SMILES string of the molecule is Cc1ccc(C(C)O)c(OCOCc2ccccc2)c1. The van der Waals surface area contributed by atoms with Crippen molar-refractivity contribution in [2.75, 3.05) is 6.79 Å². The van der Waals surface area contributed by atoms with Crippen LogP contribution in [0.4, 0.5) is 0 Å². The molecule has 0 heterocycles. The highest BCUT2D eigenvalue weighted by Crippen LogP contribution is 2.26.